The summed E-state index contributed by atoms with van der Waals surface area (Å²) in [6.45, 7) is 10.1. The monoisotopic (exact) mass is 498 g/mol. The van der Waals surface area contributed by atoms with Crippen LogP contribution in [0.25, 0.3) is 0 Å². The highest BCUT2D eigenvalue weighted by Crippen LogP contribution is 2.24. The average Bonchev–Trinajstić information content (AvgIpc) is 3.28. The number of H-pyrrole nitrogens is 2. The molecule has 0 aliphatic heterocycles. The minimum atomic E-state index is -0.180. The summed E-state index contributed by atoms with van der Waals surface area (Å²) in [5, 5.41) is 18.1. The summed E-state index contributed by atoms with van der Waals surface area (Å²) in [5.74, 6) is 0. The van der Waals surface area contributed by atoms with Crippen LogP contribution >= 0.6 is 24.4 Å². The summed E-state index contributed by atoms with van der Waals surface area (Å²) in [6, 6.07) is 0. The molecule has 0 amide bonds. The smallest absolute Gasteiger partial charge is 0.283 e. The van der Waals surface area contributed by atoms with E-state index in [1.54, 1.807) is 0 Å². The molecule has 0 saturated heterocycles. The Kier molecular flexibility index (Phi) is 9.71. The van der Waals surface area contributed by atoms with Crippen molar-refractivity contribution in [3.05, 3.63) is 44.4 Å². The Morgan fingerprint density at radius 1 is 0.788 bits per heavy atom. The van der Waals surface area contributed by atoms with Gasteiger partial charge in [0.2, 0.25) is 0 Å². The molecule has 184 valence electrons. The quantitative estimate of drug-likeness (QED) is 0.189. The van der Waals surface area contributed by atoms with Crippen LogP contribution < -0.4 is 32.4 Å². The minimum Gasteiger partial charge on any atom is -0.387 e. The van der Waals surface area contributed by atoms with Gasteiger partial charge in [0.15, 0.2) is 10.2 Å². The Bertz CT molecular complexity index is 940. The second-order valence-electron chi connectivity index (χ2n) is 9.61. The van der Waals surface area contributed by atoms with Crippen LogP contribution in [0.4, 0.5) is 0 Å². The van der Waals surface area contributed by atoms with Gasteiger partial charge >= 0.3 is 0 Å². The highest BCUT2D eigenvalue weighted by molar-refractivity contribution is 7.80. The fourth-order valence-electron chi connectivity index (χ4n) is 3.36. The first-order valence-corrected chi connectivity index (χ1v) is 11.6. The van der Waals surface area contributed by atoms with Crippen molar-refractivity contribution in [1.82, 2.24) is 31.6 Å². The molecule has 0 saturated carbocycles. The maximum Gasteiger partial charge on any atom is 0.283 e. The molecule has 0 radical (unpaired) electrons. The van der Waals surface area contributed by atoms with E-state index in [9.17, 15) is 9.59 Å². The van der Waals surface area contributed by atoms with Crippen molar-refractivity contribution in [2.75, 3.05) is 19.8 Å². The molecule has 0 atom stereocenters. The van der Waals surface area contributed by atoms with Gasteiger partial charge in [0.25, 0.3) is 11.1 Å². The standard InChI is InChI=1S/C21H34N6O4S2/c1-20(2,9-14-11-30-26-16(14)28)5-7-22-18(32)24-13-25-19(33)23-8-6-21(3,4)10-15-12-31-27-17(15)29/h11-12H,5-10,13H2,1-4H3,(H,26,28)(H,27,29)(H2,22,24,32)(H2,23,25,33). The van der Waals surface area contributed by atoms with Crippen molar-refractivity contribution < 1.29 is 9.05 Å². The van der Waals surface area contributed by atoms with Crippen LogP contribution in [-0.4, -0.2) is 40.3 Å². The first kappa shape index (κ1) is 26.7. The van der Waals surface area contributed by atoms with Crippen molar-refractivity contribution in [2.45, 2.75) is 53.4 Å². The lowest BCUT2D eigenvalue weighted by molar-refractivity contribution is 0.331. The van der Waals surface area contributed by atoms with E-state index in [1.807, 2.05) is 0 Å². The maximum atomic E-state index is 11.6. The normalized spacial score (nSPS) is 11.8. The van der Waals surface area contributed by atoms with E-state index in [2.05, 4.69) is 59.3 Å². The number of rotatable bonds is 12. The number of nitrogens with one attached hydrogen (secondary N) is 6. The topological polar surface area (TPSA) is 140 Å². The lowest BCUT2D eigenvalue weighted by atomic mass is 9.83. The minimum absolute atomic E-state index is 0.0812. The second-order valence-corrected chi connectivity index (χ2v) is 10.4. The predicted molar refractivity (Wildman–Crippen MR) is 135 cm³/mol. The Labute approximate surface area is 203 Å². The summed E-state index contributed by atoms with van der Waals surface area (Å²) in [6.07, 6.45) is 5.83. The van der Waals surface area contributed by atoms with E-state index in [-0.39, 0.29) is 21.9 Å². The lowest BCUT2D eigenvalue weighted by Crippen LogP contribution is -2.46. The van der Waals surface area contributed by atoms with Crippen LogP contribution in [0.15, 0.2) is 31.2 Å². The fourth-order valence-corrected chi connectivity index (χ4v) is 3.71. The molecule has 0 bridgehead atoms. The molecule has 0 aliphatic carbocycles. The van der Waals surface area contributed by atoms with E-state index in [0.29, 0.717) is 54.0 Å². The second kappa shape index (κ2) is 12.0. The third-order valence-corrected chi connectivity index (χ3v) is 5.88. The van der Waals surface area contributed by atoms with Gasteiger partial charge in [-0.3, -0.25) is 9.59 Å². The van der Waals surface area contributed by atoms with Crippen molar-refractivity contribution >= 4 is 34.7 Å². The lowest BCUT2D eigenvalue weighted by Gasteiger charge is -2.24. The summed E-state index contributed by atoms with van der Waals surface area (Å²) >= 11 is 10.6. The maximum absolute atomic E-state index is 11.6. The Balaban J connectivity index is 1.56. The zero-order valence-electron chi connectivity index (χ0n) is 19.6. The van der Waals surface area contributed by atoms with Gasteiger partial charge in [-0.1, -0.05) is 27.7 Å². The van der Waals surface area contributed by atoms with Crippen LogP contribution in [0.3, 0.4) is 0 Å². The average molecular weight is 499 g/mol. The van der Waals surface area contributed by atoms with E-state index < -0.39 is 0 Å². The van der Waals surface area contributed by atoms with Gasteiger partial charge in [-0.2, -0.15) is 10.3 Å². The number of hydrogen-bond donors (Lipinski definition) is 6. The third kappa shape index (κ3) is 9.82. The highest BCUT2D eigenvalue weighted by Gasteiger charge is 2.22. The Morgan fingerprint density at radius 2 is 1.18 bits per heavy atom. The van der Waals surface area contributed by atoms with E-state index >= 15 is 0 Å². The molecule has 6 N–H and O–H groups in total. The molecule has 0 spiro atoms. The van der Waals surface area contributed by atoms with E-state index in [0.717, 1.165) is 12.8 Å². The van der Waals surface area contributed by atoms with Gasteiger partial charge < -0.3 is 30.3 Å². The molecule has 0 aromatic carbocycles. The SMILES string of the molecule is CC(C)(CCNC(=S)NCNC(=S)NCCC(C)(C)Cc1co[nH]c1=O)Cc1co[nH]c1=O. The number of aromatic amines is 2. The predicted octanol–water partition coefficient (Wildman–Crippen LogP) is 1.75. The molecule has 0 fully saturated rings. The van der Waals surface area contributed by atoms with Gasteiger partial charge in [-0.05, 0) is 60.9 Å². The van der Waals surface area contributed by atoms with Crippen LogP contribution in [0.1, 0.15) is 51.7 Å². The van der Waals surface area contributed by atoms with E-state index in [4.69, 9.17) is 33.5 Å². The molecular weight excluding hydrogens is 464 g/mol. The van der Waals surface area contributed by atoms with Gasteiger partial charge in [0.1, 0.15) is 12.5 Å². The van der Waals surface area contributed by atoms with Gasteiger partial charge in [0, 0.05) is 13.1 Å². The molecule has 12 heteroatoms. The largest absolute Gasteiger partial charge is 0.387 e. The first-order chi connectivity index (χ1) is 15.5. The number of thiocarbonyl (C=S) groups is 2. The van der Waals surface area contributed by atoms with Gasteiger partial charge in [-0.15, -0.1) is 0 Å². The van der Waals surface area contributed by atoms with Crippen LogP contribution in [0.5, 0.6) is 0 Å². The third-order valence-electron chi connectivity index (χ3n) is 5.30. The van der Waals surface area contributed by atoms with Crippen molar-refractivity contribution in [1.29, 1.82) is 0 Å². The molecule has 33 heavy (non-hydrogen) atoms. The summed E-state index contributed by atoms with van der Waals surface area (Å²) in [4.78, 5) is 23.2. The van der Waals surface area contributed by atoms with Crippen LogP contribution in [0.2, 0.25) is 0 Å². The number of hydrogen-bond acceptors (Lipinski definition) is 6. The van der Waals surface area contributed by atoms with Crippen molar-refractivity contribution in [2.24, 2.45) is 10.8 Å². The Hall–Kier alpha value is -2.60. The summed E-state index contributed by atoms with van der Waals surface area (Å²) < 4.78 is 9.68. The molecule has 10 nitrogen and oxygen atoms in total. The molecule has 2 heterocycles. The van der Waals surface area contributed by atoms with Gasteiger partial charge in [-0.25, -0.2) is 0 Å². The zero-order chi connectivity index (χ0) is 24.5. The van der Waals surface area contributed by atoms with Gasteiger partial charge in [0.05, 0.1) is 17.8 Å². The van der Waals surface area contributed by atoms with Crippen molar-refractivity contribution in [3.63, 3.8) is 0 Å². The van der Waals surface area contributed by atoms with E-state index in [1.165, 1.54) is 12.5 Å². The zero-order valence-corrected chi connectivity index (χ0v) is 21.2. The van der Waals surface area contributed by atoms with Crippen LogP contribution in [0, 0.1) is 10.8 Å². The molecular formula is C21H34N6O4S2. The summed E-state index contributed by atoms with van der Waals surface area (Å²) in [7, 11) is 0. The number of aromatic nitrogens is 2. The molecule has 2 rings (SSSR count). The molecule has 2 aromatic heterocycles. The van der Waals surface area contributed by atoms with Crippen molar-refractivity contribution in [3.8, 4) is 0 Å². The fraction of sp³-hybridized carbons (Fsp3) is 0.619. The molecule has 0 aliphatic rings. The highest BCUT2D eigenvalue weighted by atomic mass is 32.1. The molecule has 0 unspecified atom stereocenters. The Morgan fingerprint density at radius 3 is 1.52 bits per heavy atom. The summed E-state index contributed by atoms with van der Waals surface area (Å²) in [5.41, 5.74) is 0.764. The molecule has 2 aromatic rings. The first-order valence-electron chi connectivity index (χ1n) is 10.8. The van der Waals surface area contributed by atoms with Crippen LogP contribution in [-0.2, 0) is 12.8 Å².